The van der Waals surface area contributed by atoms with Crippen LogP contribution < -0.4 is 0 Å². The number of nitrogens with zero attached hydrogens (tertiary/aromatic N) is 2. The zero-order valence-electron chi connectivity index (χ0n) is 8.77. The van der Waals surface area contributed by atoms with Crippen molar-refractivity contribution in [3.05, 3.63) is 59.1 Å². The lowest BCUT2D eigenvalue weighted by Gasteiger charge is -1.95. The molecule has 2 heterocycles. The van der Waals surface area contributed by atoms with Crippen LogP contribution in [0.4, 0.5) is 4.39 Å². The number of halogens is 2. The fraction of sp³-hybridized carbons (Fsp3) is 0. The first-order valence-corrected chi connectivity index (χ1v) is 5.92. The van der Waals surface area contributed by atoms with Gasteiger partial charge in [-0.2, -0.15) is 0 Å². The molecule has 84 valence electrons. The smallest absolute Gasteiger partial charge is 0.151 e. The topological polar surface area (TPSA) is 17.3 Å². The molecule has 0 aliphatic rings. The van der Waals surface area contributed by atoms with Gasteiger partial charge in [0.05, 0.1) is 10.2 Å². The van der Waals surface area contributed by atoms with E-state index in [9.17, 15) is 4.39 Å². The second kappa shape index (κ2) is 3.96. The maximum absolute atomic E-state index is 13.2. The van der Waals surface area contributed by atoms with Crippen LogP contribution in [0.1, 0.15) is 0 Å². The molecule has 2 nitrogen and oxygen atoms in total. The van der Waals surface area contributed by atoms with Gasteiger partial charge >= 0.3 is 0 Å². The molecule has 0 saturated heterocycles. The van der Waals surface area contributed by atoms with E-state index in [-0.39, 0.29) is 5.82 Å². The molecule has 4 heteroatoms. The molecule has 0 amide bonds. The third kappa shape index (κ3) is 1.85. The summed E-state index contributed by atoms with van der Waals surface area (Å²) in [7, 11) is 0. The van der Waals surface area contributed by atoms with Gasteiger partial charge in [0, 0.05) is 18.0 Å². The van der Waals surface area contributed by atoms with E-state index in [1.165, 1.54) is 12.3 Å². The minimum Gasteiger partial charge on any atom is -0.303 e. The molecule has 1 aromatic carbocycles. The van der Waals surface area contributed by atoms with Gasteiger partial charge in [-0.25, -0.2) is 9.37 Å². The van der Waals surface area contributed by atoms with Crippen LogP contribution in [0.2, 0.25) is 0 Å². The lowest BCUT2D eigenvalue weighted by molar-refractivity contribution is 0.618. The molecular formula is C13H8BrFN2. The normalized spacial score (nSPS) is 10.9. The van der Waals surface area contributed by atoms with E-state index in [2.05, 4.69) is 20.9 Å². The largest absolute Gasteiger partial charge is 0.303 e. The first-order chi connectivity index (χ1) is 8.24. The van der Waals surface area contributed by atoms with Gasteiger partial charge in [0.25, 0.3) is 0 Å². The van der Waals surface area contributed by atoms with E-state index in [4.69, 9.17) is 0 Å². The van der Waals surface area contributed by atoms with Crippen molar-refractivity contribution in [3.8, 4) is 11.3 Å². The zero-order chi connectivity index (χ0) is 11.8. The Morgan fingerprint density at radius 3 is 2.65 bits per heavy atom. The molecular weight excluding hydrogens is 283 g/mol. The maximum Gasteiger partial charge on any atom is 0.151 e. The number of benzene rings is 1. The zero-order valence-corrected chi connectivity index (χ0v) is 10.4. The van der Waals surface area contributed by atoms with Crippen LogP contribution in [0.25, 0.3) is 16.9 Å². The Hall–Kier alpha value is -1.68. The quantitative estimate of drug-likeness (QED) is 0.664. The Labute approximate surface area is 106 Å². The highest BCUT2D eigenvalue weighted by molar-refractivity contribution is 9.10. The highest BCUT2D eigenvalue weighted by Gasteiger charge is 2.07. The van der Waals surface area contributed by atoms with Gasteiger partial charge < -0.3 is 4.40 Å². The summed E-state index contributed by atoms with van der Waals surface area (Å²) >= 11 is 3.31. The first-order valence-electron chi connectivity index (χ1n) is 5.13. The number of fused-ring (bicyclic) bond motifs is 1. The Morgan fingerprint density at radius 2 is 1.88 bits per heavy atom. The van der Waals surface area contributed by atoms with Gasteiger partial charge in [-0.15, -0.1) is 0 Å². The lowest BCUT2D eigenvalue weighted by Crippen LogP contribution is -1.86. The van der Waals surface area contributed by atoms with Gasteiger partial charge in [-0.3, -0.25) is 0 Å². The predicted octanol–water partition coefficient (Wildman–Crippen LogP) is 3.90. The van der Waals surface area contributed by atoms with Crippen molar-refractivity contribution < 1.29 is 4.39 Å². The molecule has 2 aromatic heterocycles. The number of imidazole rings is 1. The third-order valence-electron chi connectivity index (χ3n) is 2.54. The second-order valence-electron chi connectivity index (χ2n) is 3.73. The van der Waals surface area contributed by atoms with E-state index in [1.807, 2.05) is 36.5 Å². The molecule has 0 bridgehead atoms. The van der Waals surface area contributed by atoms with Gasteiger partial charge in [0.1, 0.15) is 5.82 Å². The lowest BCUT2D eigenvalue weighted by atomic mass is 10.2. The molecule has 0 atom stereocenters. The van der Waals surface area contributed by atoms with E-state index >= 15 is 0 Å². The average Bonchev–Trinajstić information content (AvgIpc) is 2.74. The van der Waals surface area contributed by atoms with Crippen molar-refractivity contribution in [1.82, 2.24) is 9.38 Å². The molecule has 0 radical (unpaired) electrons. The van der Waals surface area contributed by atoms with Crippen LogP contribution in [0.3, 0.4) is 0 Å². The number of hydrogen-bond acceptors (Lipinski definition) is 1. The predicted molar refractivity (Wildman–Crippen MR) is 68.3 cm³/mol. The Morgan fingerprint density at radius 1 is 1.12 bits per heavy atom. The fourth-order valence-electron chi connectivity index (χ4n) is 1.77. The minimum absolute atomic E-state index is 0.290. The van der Waals surface area contributed by atoms with Crippen molar-refractivity contribution in [2.24, 2.45) is 0 Å². The van der Waals surface area contributed by atoms with Crippen molar-refractivity contribution in [2.75, 3.05) is 0 Å². The number of pyridine rings is 1. The standard InChI is InChI=1S/C13H8BrFN2/c14-11-6-10(15)7-17-8-12(16-13(11)17)9-4-2-1-3-5-9/h1-8H. The van der Waals surface area contributed by atoms with Crippen LogP contribution in [-0.2, 0) is 0 Å². The maximum atomic E-state index is 13.2. The minimum atomic E-state index is -0.290. The Bertz CT molecular complexity index is 676. The van der Waals surface area contributed by atoms with Gasteiger partial charge in [0.2, 0.25) is 0 Å². The third-order valence-corrected chi connectivity index (χ3v) is 3.13. The van der Waals surface area contributed by atoms with Crippen LogP contribution in [0, 0.1) is 5.82 Å². The molecule has 0 spiro atoms. The summed E-state index contributed by atoms with van der Waals surface area (Å²) in [6, 6.07) is 11.2. The molecule has 0 N–H and O–H groups in total. The highest BCUT2D eigenvalue weighted by Crippen LogP contribution is 2.23. The molecule has 3 aromatic rings. The SMILES string of the molecule is Fc1cc(Br)c2nc(-c3ccccc3)cn2c1. The summed E-state index contributed by atoms with van der Waals surface area (Å²) in [4.78, 5) is 4.47. The molecule has 0 aliphatic heterocycles. The van der Waals surface area contributed by atoms with Crippen LogP contribution >= 0.6 is 15.9 Å². The summed E-state index contributed by atoms with van der Waals surface area (Å²) in [5, 5.41) is 0. The van der Waals surface area contributed by atoms with E-state index in [1.54, 1.807) is 4.40 Å². The number of aromatic nitrogens is 2. The molecule has 0 saturated carbocycles. The number of rotatable bonds is 1. The molecule has 17 heavy (non-hydrogen) atoms. The Kier molecular flexibility index (Phi) is 2.44. The summed E-state index contributed by atoms with van der Waals surface area (Å²) < 4.78 is 15.6. The Balaban J connectivity index is 2.24. The summed E-state index contributed by atoms with van der Waals surface area (Å²) in [5.74, 6) is -0.290. The van der Waals surface area contributed by atoms with Gasteiger partial charge in [-0.05, 0) is 22.0 Å². The molecule has 0 fully saturated rings. The summed E-state index contributed by atoms with van der Waals surface area (Å²) in [6.07, 6.45) is 3.23. The van der Waals surface area contributed by atoms with E-state index in [0.717, 1.165) is 11.3 Å². The average molecular weight is 291 g/mol. The van der Waals surface area contributed by atoms with E-state index < -0.39 is 0 Å². The monoisotopic (exact) mass is 290 g/mol. The van der Waals surface area contributed by atoms with Crippen LogP contribution in [-0.4, -0.2) is 9.38 Å². The van der Waals surface area contributed by atoms with Crippen molar-refractivity contribution in [1.29, 1.82) is 0 Å². The highest BCUT2D eigenvalue weighted by atomic mass is 79.9. The van der Waals surface area contributed by atoms with Gasteiger partial charge in [0.15, 0.2) is 5.65 Å². The van der Waals surface area contributed by atoms with Crippen molar-refractivity contribution in [2.45, 2.75) is 0 Å². The molecule has 0 aliphatic carbocycles. The molecule has 0 unspecified atom stereocenters. The van der Waals surface area contributed by atoms with Crippen molar-refractivity contribution >= 4 is 21.6 Å². The number of hydrogen-bond donors (Lipinski definition) is 0. The summed E-state index contributed by atoms with van der Waals surface area (Å²) in [5.41, 5.74) is 2.56. The van der Waals surface area contributed by atoms with Crippen LogP contribution in [0.15, 0.2) is 53.3 Å². The first kappa shape index (κ1) is 10.5. The van der Waals surface area contributed by atoms with Crippen molar-refractivity contribution in [3.63, 3.8) is 0 Å². The van der Waals surface area contributed by atoms with E-state index in [0.29, 0.717) is 10.1 Å². The summed E-state index contributed by atoms with van der Waals surface area (Å²) in [6.45, 7) is 0. The van der Waals surface area contributed by atoms with Crippen LogP contribution in [0.5, 0.6) is 0 Å². The fourth-order valence-corrected chi connectivity index (χ4v) is 2.28. The molecule has 3 rings (SSSR count). The van der Waals surface area contributed by atoms with Gasteiger partial charge in [-0.1, -0.05) is 30.3 Å². The second-order valence-corrected chi connectivity index (χ2v) is 4.58.